The quantitative estimate of drug-likeness (QED) is 0.888. The Morgan fingerprint density at radius 1 is 1.44 bits per heavy atom. The number of hydrogen-bond acceptors (Lipinski definition) is 4. The summed E-state index contributed by atoms with van der Waals surface area (Å²) in [6, 6.07) is 6.77. The van der Waals surface area contributed by atoms with E-state index in [1.54, 1.807) is 11.3 Å². The molecule has 0 aliphatic carbocycles. The number of nitrogens with zero attached hydrogens (tertiary/aromatic N) is 2. The molecule has 0 bridgehead atoms. The van der Waals surface area contributed by atoms with Crippen LogP contribution in [0.2, 0.25) is 0 Å². The zero-order chi connectivity index (χ0) is 13.0. The first-order chi connectivity index (χ1) is 8.72. The summed E-state index contributed by atoms with van der Waals surface area (Å²) >= 11 is 1.79. The molecule has 2 aromatic heterocycles. The van der Waals surface area contributed by atoms with Crippen LogP contribution in [0.15, 0.2) is 36.0 Å². The number of pyridine rings is 1. The van der Waals surface area contributed by atoms with Gasteiger partial charge in [-0.3, -0.25) is 4.98 Å². The number of anilines is 2. The minimum absolute atomic E-state index is 0.365. The van der Waals surface area contributed by atoms with E-state index in [-0.39, 0.29) is 0 Å². The minimum Gasteiger partial charge on any atom is -0.384 e. The van der Waals surface area contributed by atoms with E-state index in [0.717, 1.165) is 17.9 Å². The van der Waals surface area contributed by atoms with Gasteiger partial charge in [-0.25, -0.2) is 0 Å². The maximum Gasteiger partial charge on any atom is 0.0604 e. The molecule has 2 heterocycles. The summed E-state index contributed by atoms with van der Waals surface area (Å²) < 4.78 is 0. The molecule has 0 aliphatic rings. The van der Waals surface area contributed by atoms with E-state index in [9.17, 15) is 0 Å². The molecule has 0 saturated heterocycles. The first-order valence-corrected chi connectivity index (χ1v) is 7.05. The van der Waals surface area contributed by atoms with E-state index in [1.165, 1.54) is 4.88 Å². The van der Waals surface area contributed by atoms with Crippen molar-refractivity contribution in [2.75, 3.05) is 23.8 Å². The van der Waals surface area contributed by atoms with Gasteiger partial charge in [0.2, 0.25) is 0 Å². The highest BCUT2D eigenvalue weighted by Gasteiger charge is 2.13. The maximum atomic E-state index is 4.29. The van der Waals surface area contributed by atoms with Crippen LogP contribution < -0.4 is 10.2 Å². The Hall–Kier alpha value is -1.55. The van der Waals surface area contributed by atoms with E-state index < -0.39 is 0 Å². The van der Waals surface area contributed by atoms with E-state index >= 15 is 0 Å². The molecule has 0 aliphatic heterocycles. The van der Waals surface area contributed by atoms with E-state index in [0.29, 0.717) is 6.04 Å². The Kier molecular flexibility index (Phi) is 4.20. The molecule has 2 rings (SSSR count). The zero-order valence-corrected chi connectivity index (χ0v) is 11.9. The smallest absolute Gasteiger partial charge is 0.0604 e. The van der Waals surface area contributed by atoms with Gasteiger partial charge in [-0.05, 0) is 31.4 Å². The van der Waals surface area contributed by atoms with E-state index in [2.05, 4.69) is 59.7 Å². The summed E-state index contributed by atoms with van der Waals surface area (Å²) in [5.74, 6) is 0. The van der Waals surface area contributed by atoms with Gasteiger partial charge in [0.1, 0.15) is 0 Å². The van der Waals surface area contributed by atoms with Gasteiger partial charge >= 0.3 is 0 Å². The molecule has 1 N–H and O–H groups in total. The fourth-order valence-corrected chi connectivity index (χ4v) is 2.69. The molecule has 0 fully saturated rings. The van der Waals surface area contributed by atoms with Crippen LogP contribution in [0.4, 0.5) is 11.4 Å². The van der Waals surface area contributed by atoms with Crippen molar-refractivity contribution < 1.29 is 0 Å². The molecular weight excluding hydrogens is 242 g/mol. The second kappa shape index (κ2) is 5.87. The van der Waals surface area contributed by atoms with Crippen molar-refractivity contribution in [3.63, 3.8) is 0 Å². The van der Waals surface area contributed by atoms with E-state index in [1.807, 2.05) is 12.4 Å². The lowest BCUT2D eigenvalue weighted by atomic mass is 10.2. The first kappa shape index (κ1) is 12.9. The normalized spacial score (nSPS) is 12.2. The molecule has 96 valence electrons. The first-order valence-electron chi connectivity index (χ1n) is 6.17. The van der Waals surface area contributed by atoms with Crippen LogP contribution in [-0.4, -0.2) is 18.6 Å². The van der Waals surface area contributed by atoms with Gasteiger partial charge in [-0.1, -0.05) is 6.07 Å². The molecule has 1 unspecified atom stereocenters. The van der Waals surface area contributed by atoms with Crippen molar-refractivity contribution in [1.29, 1.82) is 0 Å². The zero-order valence-electron chi connectivity index (χ0n) is 11.1. The number of aromatic nitrogens is 1. The Labute approximate surface area is 112 Å². The molecule has 0 amide bonds. The molecule has 0 spiro atoms. The standard InChI is InChI=1S/C14H19N3S/c1-4-16-12-8-13(10-15-9-12)17(3)11(2)14-6-5-7-18-14/h5-11,16H,4H2,1-3H3. The van der Waals surface area contributed by atoms with Gasteiger partial charge < -0.3 is 10.2 Å². The van der Waals surface area contributed by atoms with Crippen molar-refractivity contribution in [3.05, 3.63) is 40.8 Å². The number of nitrogens with one attached hydrogen (secondary N) is 1. The summed E-state index contributed by atoms with van der Waals surface area (Å²) in [4.78, 5) is 7.90. The summed E-state index contributed by atoms with van der Waals surface area (Å²) in [6.45, 7) is 5.21. The fraction of sp³-hybridized carbons (Fsp3) is 0.357. The predicted octanol–water partition coefficient (Wildman–Crippen LogP) is 3.77. The lowest BCUT2D eigenvalue weighted by Crippen LogP contribution is -2.21. The van der Waals surface area contributed by atoms with Crippen molar-refractivity contribution in [3.8, 4) is 0 Å². The van der Waals surface area contributed by atoms with Crippen LogP contribution in [0.25, 0.3) is 0 Å². The highest BCUT2D eigenvalue weighted by molar-refractivity contribution is 7.10. The number of thiophene rings is 1. The third-order valence-corrected chi connectivity index (χ3v) is 4.09. The van der Waals surface area contributed by atoms with Crippen LogP contribution >= 0.6 is 11.3 Å². The van der Waals surface area contributed by atoms with E-state index in [4.69, 9.17) is 0 Å². The second-order valence-corrected chi connectivity index (χ2v) is 5.24. The largest absolute Gasteiger partial charge is 0.384 e. The Morgan fingerprint density at radius 3 is 2.94 bits per heavy atom. The summed E-state index contributed by atoms with van der Waals surface area (Å²) in [6.07, 6.45) is 3.77. The van der Waals surface area contributed by atoms with Crippen molar-refractivity contribution in [2.45, 2.75) is 19.9 Å². The maximum absolute atomic E-state index is 4.29. The lowest BCUT2D eigenvalue weighted by Gasteiger charge is -2.26. The molecule has 2 aromatic rings. The lowest BCUT2D eigenvalue weighted by molar-refractivity contribution is 0.752. The van der Waals surface area contributed by atoms with Gasteiger partial charge in [0.25, 0.3) is 0 Å². The molecule has 18 heavy (non-hydrogen) atoms. The Bertz CT molecular complexity index is 482. The molecule has 4 heteroatoms. The molecular formula is C14H19N3S. The summed E-state index contributed by atoms with van der Waals surface area (Å²) in [7, 11) is 2.11. The predicted molar refractivity (Wildman–Crippen MR) is 79.5 cm³/mol. The summed E-state index contributed by atoms with van der Waals surface area (Å²) in [5.41, 5.74) is 2.20. The van der Waals surface area contributed by atoms with Gasteiger partial charge in [0.15, 0.2) is 0 Å². The average molecular weight is 261 g/mol. The molecule has 0 radical (unpaired) electrons. The molecule has 1 atom stereocenters. The van der Waals surface area contributed by atoms with Gasteiger partial charge in [0, 0.05) is 18.5 Å². The summed E-state index contributed by atoms with van der Waals surface area (Å²) in [5, 5.41) is 5.41. The van der Waals surface area contributed by atoms with Crippen LogP contribution in [0.1, 0.15) is 24.8 Å². The highest BCUT2D eigenvalue weighted by atomic mass is 32.1. The second-order valence-electron chi connectivity index (χ2n) is 4.26. The monoisotopic (exact) mass is 261 g/mol. The Balaban J connectivity index is 2.17. The number of hydrogen-bond donors (Lipinski definition) is 1. The van der Waals surface area contributed by atoms with Crippen molar-refractivity contribution in [2.24, 2.45) is 0 Å². The SMILES string of the molecule is CCNc1cncc(N(C)C(C)c2cccs2)c1. The van der Waals surface area contributed by atoms with Crippen LogP contribution in [0.3, 0.4) is 0 Å². The molecule has 0 saturated carbocycles. The minimum atomic E-state index is 0.365. The van der Waals surface area contributed by atoms with Crippen LogP contribution in [0, 0.1) is 0 Å². The third kappa shape index (κ3) is 2.82. The fourth-order valence-electron chi connectivity index (χ4n) is 1.86. The Morgan fingerprint density at radius 2 is 2.28 bits per heavy atom. The molecule has 3 nitrogen and oxygen atoms in total. The van der Waals surface area contributed by atoms with Gasteiger partial charge in [-0.15, -0.1) is 11.3 Å². The van der Waals surface area contributed by atoms with Crippen LogP contribution in [0.5, 0.6) is 0 Å². The van der Waals surface area contributed by atoms with Gasteiger partial charge in [0.05, 0.1) is 29.8 Å². The third-order valence-electron chi connectivity index (χ3n) is 3.05. The highest BCUT2D eigenvalue weighted by Crippen LogP contribution is 2.28. The average Bonchev–Trinajstić information content (AvgIpc) is 2.91. The van der Waals surface area contributed by atoms with Crippen molar-refractivity contribution >= 4 is 22.7 Å². The molecule has 0 aromatic carbocycles. The topological polar surface area (TPSA) is 28.2 Å². The van der Waals surface area contributed by atoms with Gasteiger partial charge in [-0.2, -0.15) is 0 Å². The van der Waals surface area contributed by atoms with Crippen molar-refractivity contribution in [1.82, 2.24) is 4.98 Å². The number of rotatable bonds is 5. The van der Waals surface area contributed by atoms with Crippen LogP contribution in [-0.2, 0) is 0 Å².